The van der Waals surface area contributed by atoms with E-state index in [1.54, 1.807) is 0 Å². The lowest BCUT2D eigenvalue weighted by Crippen LogP contribution is -2.44. The molecular weight excluding hydrogens is 601 g/mol. The number of carbonyl (C=O) groups excluding carboxylic acids is 2. The fourth-order valence-electron chi connectivity index (χ4n) is 3.38. The van der Waals surface area contributed by atoms with Gasteiger partial charge in [0, 0.05) is 18.8 Å². The number of hydrogen-bond acceptors (Lipinski definition) is 9. The zero-order valence-electron chi connectivity index (χ0n) is 22.2. The van der Waals surface area contributed by atoms with E-state index in [0.717, 1.165) is 6.07 Å². The number of carbonyl (C=O) groups is 2. The first-order chi connectivity index (χ1) is 19.5. The molecule has 3 rings (SSSR count). The minimum atomic E-state index is -4.89. The number of rotatable bonds is 10. The summed E-state index contributed by atoms with van der Waals surface area (Å²) in [6.07, 6.45) is -4.41. The molecule has 1 atom stereocenters. The van der Waals surface area contributed by atoms with Crippen molar-refractivity contribution in [1.82, 2.24) is 15.1 Å². The maximum Gasteiger partial charge on any atom is 0.427 e. The molecule has 0 aliphatic carbocycles. The van der Waals surface area contributed by atoms with Crippen LogP contribution in [-0.4, -0.2) is 72.9 Å². The Hall–Kier alpha value is -4.13. The number of alkyl halides is 5. The summed E-state index contributed by atoms with van der Waals surface area (Å²) in [6, 6.07) is 3.44. The van der Waals surface area contributed by atoms with Gasteiger partial charge in [0.25, 0.3) is 15.9 Å². The summed E-state index contributed by atoms with van der Waals surface area (Å²) < 4.78 is 110. The molecule has 42 heavy (non-hydrogen) atoms. The number of halogens is 5. The number of aliphatic hydroxyl groups is 1. The van der Waals surface area contributed by atoms with Crippen LogP contribution in [0.15, 0.2) is 41.6 Å². The minimum Gasteiger partial charge on any atom is -0.482 e. The number of sulfonamides is 1. The molecule has 0 saturated carbocycles. The minimum absolute atomic E-state index is 0.0332. The number of ether oxygens (including phenoxy) is 3. The van der Waals surface area contributed by atoms with E-state index in [-0.39, 0.29) is 21.8 Å². The molecule has 1 aliphatic heterocycles. The monoisotopic (exact) mass is 627 g/mol. The summed E-state index contributed by atoms with van der Waals surface area (Å²) >= 11 is 0. The molecule has 2 heterocycles. The molecule has 0 bridgehead atoms. The first-order valence-electron chi connectivity index (χ1n) is 11.9. The highest BCUT2D eigenvalue weighted by Crippen LogP contribution is 2.41. The number of anilines is 2. The van der Waals surface area contributed by atoms with E-state index in [9.17, 15) is 40.0 Å². The van der Waals surface area contributed by atoms with Crippen LogP contribution in [0.2, 0.25) is 0 Å². The summed E-state index contributed by atoms with van der Waals surface area (Å²) in [5, 5.41) is 16.9. The van der Waals surface area contributed by atoms with Crippen LogP contribution < -0.4 is 24.4 Å². The van der Waals surface area contributed by atoms with Crippen molar-refractivity contribution in [3.8, 4) is 11.6 Å². The summed E-state index contributed by atoms with van der Waals surface area (Å²) in [6.45, 7) is -2.33. The standard InChI is InChI=1S/C23H26F5N5O8S/c1-13(35)29-7-6-15-11-33(42(37,38)18-12-32(20(24)25)31-19(18)39-9-8-34)16-10-14(4-5-17(16)40-15)30-21(36)41-22(2,3)23(26,27)28/h4-7,10,12,15,20,34H,8-9,11H2,1-3H3,(H,29,35)(H,30,36)/b7-6+. The van der Waals surface area contributed by atoms with E-state index < -0.39 is 77.0 Å². The van der Waals surface area contributed by atoms with Gasteiger partial charge in [-0.3, -0.25) is 14.4 Å². The molecule has 232 valence electrons. The summed E-state index contributed by atoms with van der Waals surface area (Å²) in [7, 11) is -4.80. The van der Waals surface area contributed by atoms with Gasteiger partial charge in [0.15, 0.2) is 4.90 Å². The molecule has 2 amide bonds. The lowest BCUT2D eigenvalue weighted by Gasteiger charge is -2.34. The van der Waals surface area contributed by atoms with Crippen molar-refractivity contribution >= 4 is 33.4 Å². The number of hydrogen-bond donors (Lipinski definition) is 3. The van der Waals surface area contributed by atoms with Gasteiger partial charge in [-0.1, -0.05) is 0 Å². The van der Waals surface area contributed by atoms with Crippen LogP contribution >= 0.6 is 0 Å². The average Bonchev–Trinajstić information content (AvgIpc) is 3.31. The highest BCUT2D eigenvalue weighted by atomic mass is 32.2. The molecule has 0 saturated heterocycles. The second-order valence-corrected chi connectivity index (χ2v) is 10.9. The highest BCUT2D eigenvalue weighted by molar-refractivity contribution is 7.93. The van der Waals surface area contributed by atoms with Gasteiger partial charge in [0.2, 0.25) is 11.5 Å². The second-order valence-electron chi connectivity index (χ2n) is 9.09. The molecule has 0 radical (unpaired) electrons. The van der Waals surface area contributed by atoms with Gasteiger partial charge < -0.3 is 24.6 Å². The Morgan fingerprint density at radius 3 is 2.57 bits per heavy atom. The van der Waals surface area contributed by atoms with Crippen LogP contribution in [-0.2, 0) is 19.6 Å². The quantitative estimate of drug-likeness (QED) is 0.336. The van der Waals surface area contributed by atoms with Crippen molar-refractivity contribution < 1.29 is 59.3 Å². The van der Waals surface area contributed by atoms with Crippen LogP contribution in [0, 0.1) is 0 Å². The Bertz CT molecular complexity index is 1450. The fraction of sp³-hybridized carbons (Fsp3) is 0.435. The van der Waals surface area contributed by atoms with Crippen molar-refractivity contribution in [2.45, 2.75) is 50.1 Å². The van der Waals surface area contributed by atoms with Crippen LogP contribution in [0.1, 0.15) is 27.3 Å². The van der Waals surface area contributed by atoms with Crippen molar-refractivity contribution in [2.75, 3.05) is 29.4 Å². The van der Waals surface area contributed by atoms with Gasteiger partial charge in [0.1, 0.15) is 18.5 Å². The van der Waals surface area contributed by atoms with Crippen LogP contribution in [0.5, 0.6) is 11.6 Å². The van der Waals surface area contributed by atoms with E-state index in [0.29, 0.717) is 24.3 Å². The summed E-state index contributed by atoms with van der Waals surface area (Å²) in [5.41, 5.74) is -3.30. The molecule has 2 aromatic rings. The van der Waals surface area contributed by atoms with Gasteiger partial charge in [-0.2, -0.15) is 22.0 Å². The fourth-order valence-corrected chi connectivity index (χ4v) is 4.93. The van der Waals surface area contributed by atoms with Crippen LogP contribution in [0.25, 0.3) is 0 Å². The average molecular weight is 628 g/mol. The van der Waals surface area contributed by atoms with Gasteiger partial charge in [0.05, 0.1) is 25.0 Å². The van der Waals surface area contributed by atoms with E-state index in [2.05, 4.69) is 20.5 Å². The molecule has 1 unspecified atom stereocenters. The van der Waals surface area contributed by atoms with Gasteiger partial charge in [-0.15, -0.1) is 5.10 Å². The number of aromatic nitrogens is 2. The van der Waals surface area contributed by atoms with Gasteiger partial charge >= 0.3 is 18.8 Å². The molecule has 1 aliphatic rings. The largest absolute Gasteiger partial charge is 0.482 e. The predicted octanol–water partition coefficient (Wildman–Crippen LogP) is 3.14. The Morgan fingerprint density at radius 1 is 1.29 bits per heavy atom. The van der Waals surface area contributed by atoms with Crippen molar-refractivity contribution in [3.05, 3.63) is 36.7 Å². The first kappa shape index (κ1) is 32.4. The number of amides is 2. The van der Waals surface area contributed by atoms with Gasteiger partial charge in [-0.05, 0) is 38.1 Å². The van der Waals surface area contributed by atoms with E-state index >= 15 is 0 Å². The smallest absolute Gasteiger partial charge is 0.427 e. The Labute approximate surface area is 235 Å². The predicted molar refractivity (Wildman–Crippen MR) is 135 cm³/mol. The van der Waals surface area contributed by atoms with E-state index in [4.69, 9.17) is 14.6 Å². The van der Waals surface area contributed by atoms with Crippen LogP contribution in [0.3, 0.4) is 0 Å². The van der Waals surface area contributed by atoms with Gasteiger partial charge in [-0.25, -0.2) is 17.9 Å². The zero-order chi connectivity index (χ0) is 31.5. The molecule has 0 fully saturated rings. The first-order valence-corrected chi connectivity index (χ1v) is 13.3. The third-order valence-electron chi connectivity index (χ3n) is 5.49. The maximum absolute atomic E-state index is 13.8. The van der Waals surface area contributed by atoms with E-state index in [1.165, 1.54) is 31.3 Å². The molecule has 1 aromatic carbocycles. The Balaban J connectivity index is 2.05. The Morgan fingerprint density at radius 2 is 1.98 bits per heavy atom. The molecule has 0 spiro atoms. The second kappa shape index (κ2) is 12.4. The van der Waals surface area contributed by atoms with Crippen molar-refractivity contribution in [1.29, 1.82) is 0 Å². The van der Waals surface area contributed by atoms with Crippen molar-refractivity contribution in [2.24, 2.45) is 0 Å². The lowest BCUT2D eigenvalue weighted by molar-refractivity contribution is -0.242. The SMILES string of the molecule is CC(=O)N/C=C/C1CN(S(=O)(=O)c2cn(C(F)F)nc2OCCO)c2cc(NC(=O)OC(C)(C)C(F)(F)F)ccc2O1. The van der Waals surface area contributed by atoms with E-state index in [1.807, 2.05) is 0 Å². The molecule has 3 N–H and O–H groups in total. The lowest BCUT2D eigenvalue weighted by atomic mass is 10.1. The summed E-state index contributed by atoms with van der Waals surface area (Å²) in [4.78, 5) is 22.6. The van der Waals surface area contributed by atoms with Crippen LogP contribution in [0.4, 0.5) is 38.1 Å². The number of aliphatic hydroxyl groups excluding tert-OH is 1. The number of benzene rings is 1. The zero-order valence-corrected chi connectivity index (χ0v) is 23.0. The maximum atomic E-state index is 13.8. The molecule has 13 nitrogen and oxygen atoms in total. The number of nitrogens with zero attached hydrogens (tertiary/aromatic N) is 3. The third-order valence-corrected chi connectivity index (χ3v) is 7.25. The Kier molecular flexibility index (Phi) is 9.56. The molecule has 1 aromatic heterocycles. The summed E-state index contributed by atoms with van der Waals surface area (Å²) in [5.74, 6) is -1.28. The third kappa shape index (κ3) is 7.38. The number of fused-ring (bicyclic) bond motifs is 1. The molecular formula is C23H26F5N5O8S. The number of nitrogens with one attached hydrogen (secondary N) is 2. The molecule has 19 heteroatoms. The van der Waals surface area contributed by atoms with Crippen molar-refractivity contribution in [3.63, 3.8) is 0 Å². The highest BCUT2D eigenvalue weighted by Gasteiger charge is 2.51. The topological polar surface area (TPSA) is 161 Å². The normalized spacial score (nSPS) is 15.8.